The lowest BCUT2D eigenvalue weighted by molar-refractivity contribution is 0.621. The van der Waals surface area contributed by atoms with Gasteiger partial charge in [-0.15, -0.1) is 0 Å². The minimum absolute atomic E-state index is 0.618. The van der Waals surface area contributed by atoms with E-state index < -0.39 is 0 Å². The van der Waals surface area contributed by atoms with E-state index >= 15 is 0 Å². The first-order valence-electron chi connectivity index (χ1n) is 9.90. The second-order valence-corrected chi connectivity index (χ2v) is 8.23. The molecule has 23 heavy (non-hydrogen) atoms. The zero-order valence-electron chi connectivity index (χ0n) is 17.3. The summed E-state index contributed by atoms with van der Waals surface area (Å²) in [5.74, 6) is 2.02. The molecule has 0 spiro atoms. The van der Waals surface area contributed by atoms with Gasteiger partial charge in [0.1, 0.15) is 0 Å². The highest BCUT2D eigenvalue weighted by Gasteiger charge is 2.23. The third-order valence-corrected chi connectivity index (χ3v) is 5.26. The van der Waals surface area contributed by atoms with Crippen LogP contribution in [0.2, 0.25) is 0 Å². The van der Waals surface area contributed by atoms with Gasteiger partial charge in [-0.25, -0.2) is 0 Å². The lowest BCUT2D eigenvalue weighted by atomic mass is 9.76. The van der Waals surface area contributed by atoms with Crippen molar-refractivity contribution in [1.29, 1.82) is 0 Å². The summed E-state index contributed by atoms with van der Waals surface area (Å²) in [5, 5.41) is 0. The highest BCUT2D eigenvalue weighted by molar-refractivity contribution is 5.53. The van der Waals surface area contributed by atoms with Crippen LogP contribution < -0.4 is 0 Å². The van der Waals surface area contributed by atoms with Crippen LogP contribution in [0, 0.1) is 19.8 Å². The number of hydrogen-bond donors (Lipinski definition) is 0. The summed E-state index contributed by atoms with van der Waals surface area (Å²) in [7, 11) is 0. The Morgan fingerprint density at radius 3 is 1.78 bits per heavy atom. The van der Waals surface area contributed by atoms with Crippen molar-refractivity contribution < 1.29 is 0 Å². The van der Waals surface area contributed by atoms with Gasteiger partial charge in [0, 0.05) is 0 Å². The molecule has 0 bridgehead atoms. The maximum Gasteiger partial charge on any atom is -0.0185 e. The number of benzene rings is 1. The van der Waals surface area contributed by atoms with E-state index in [1.807, 2.05) is 0 Å². The maximum absolute atomic E-state index is 2.43. The molecule has 1 atom stereocenters. The van der Waals surface area contributed by atoms with E-state index in [1.165, 1.54) is 32.1 Å². The molecular weight excluding hydrogens is 276 g/mol. The molecule has 0 saturated carbocycles. The van der Waals surface area contributed by atoms with Crippen molar-refractivity contribution in [2.24, 2.45) is 5.92 Å². The quantitative estimate of drug-likeness (QED) is 0.466. The van der Waals surface area contributed by atoms with Crippen molar-refractivity contribution in [3.63, 3.8) is 0 Å². The van der Waals surface area contributed by atoms with Gasteiger partial charge in [0.15, 0.2) is 0 Å². The van der Waals surface area contributed by atoms with Crippen LogP contribution in [0.3, 0.4) is 0 Å². The molecule has 1 aromatic carbocycles. The van der Waals surface area contributed by atoms with Crippen LogP contribution in [0.4, 0.5) is 0 Å². The van der Waals surface area contributed by atoms with E-state index in [4.69, 9.17) is 0 Å². The minimum Gasteiger partial charge on any atom is -0.0654 e. The van der Waals surface area contributed by atoms with Crippen molar-refractivity contribution >= 4 is 0 Å². The van der Waals surface area contributed by atoms with Gasteiger partial charge in [-0.2, -0.15) is 0 Å². The van der Waals surface area contributed by atoms with Crippen LogP contribution in [0.15, 0.2) is 0 Å². The van der Waals surface area contributed by atoms with Crippen LogP contribution in [-0.4, -0.2) is 0 Å². The Hall–Kier alpha value is -0.780. The Kier molecular flexibility index (Phi) is 7.84. The van der Waals surface area contributed by atoms with Gasteiger partial charge in [0.25, 0.3) is 0 Å². The summed E-state index contributed by atoms with van der Waals surface area (Å²) >= 11 is 0. The predicted octanol–water partition coefficient (Wildman–Crippen LogP) is 7.48. The fourth-order valence-corrected chi connectivity index (χ4v) is 4.53. The van der Waals surface area contributed by atoms with Gasteiger partial charge in [-0.05, 0) is 84.2 Å². The minimum atomic E-state index is 0.618. The van der Waals surface area contributed by atoms with E-state index in [2.05, 4.69) is 62.3 Å². The van der Waals surface area contributed by atoms with E-state index in [9.17, 15) is 0 Å². The molecule has 0 saturated heterocycles. The van der Waals surface area contributed by atoms with Gasteiger partial charge in [0.05, 0.1) is 0 Å². The average Bonchev–Trinajstić information content (AvgIpc) is 2.42. The summed E-state index contributed by atoms with van der Waals surface area (Å²) in [4.78, 5) is 0. The molecule has 0 aliphatic heterocycles. The molecule has 0 radical (unpaired) electrons. The van der Waals surface area contributed by atoms with Gasteiger partial charge in [0.2, 0.25) is 0 Å². The van der Waals surface area contributed by atoms with Crippen molar-refractivity contribution in [3.8, 4) is 0 Å². The molecule has 132 valence electrons. The molecule has 0 aromatic heterocycles. The van der Waals surface area contributed by atoms with Crippen LogP contribution in [-0.2, 0) is 12.8 Å². The zero-order chi connectivity index (χ0) is 17.7. The summed E-state index contributed by atoms with van der Waals surface area (Å²) in [6.45, 7) is 21.3. The lowest BCUT2D eigenvalue weighted by Crippen LogP contribution is -2.14. The maximum atomic E-state index is 2.43. The smallest absolute Gasteiger partial charge is 0.0185 e. The molecule has 0 aliphatic carbocycles. The Bertz CT molecular complexity index is 506. The van der Waals surface area contributed by atoms with Crippen molar-refractivity contribution in [2.75, 3.05) is 0 Å². The van der Waals surface area contributed by atoms with E-state index in [1.54, 1.807) is 33.4 Å². The molecule has 0 heteroatoms. The van der Waals surface area contributed by atoms with Crippen molar-refractivity contribution in [1.82, 2.24) is 0 Å². The van der Waals surface area contributed by atoms with Crippen molar-refractivity contribution in [2.45, 2.75) is 106 Å². The standard InChI is InChI=1S/C23H40/c1-10-12-17(7)23-18(8)20(13-11-2)21(14-15(3)4)22(16(5)6)19(23)9/h15-17H,10-14H2,1-9H3. The first-order valence-corrected chi connectivity index (χ1v) is 9.90. The highest BCUT2D eigenvalue weighted by Crippen LogP contribution is 2.39. The van der Waals surface area contributed by atoms with Gasteiger partial charge in [-0.1, -0.05) is 61.3 Å². The molecule has 1 aromatic rings. The molecule has 0 nitrogen and oxygen atoms in total. The fourth-order valence-electron chi connectivity index (χ4n) is 4.53. The molecule has 0 fully saturated rings. The SMILES string of the molecule is CCCc1c(C)c(C(C)CCC)c(C)c(C(C)C)c1CC(C)C. The molecule has 0 N–H and O–H groups in total. The van der Waals surface area contributed by atoms with E-state index in [0.29, 0.717) is 11.8 Å². The first-order chi connectivity index (χ1) is 10.8. The van der Waals surface area contributed by atoms with Crippen LogP contribution in [0.25, 0.3) is 0 Å². The summed E-state index contributed by atoms with van der Waals surface area (Å²) < 4.78 is 0. The fraction of sp³-hybridized carbons (Fsp3) is 0.739. The first kappa shape index (κ1) is 20.3. The van der Waals surface area contributed by atoms with Crippen molar-refractivity contribution in [3.05, 3.63) is 33.4 Å². The highest BCUT2D eigenvalue weighted by atomic mass is 14.3. The average molecular weight is 317 g/mol. The predicted molar refractivity (Wildman–Crippen MR) is 106 cm³/mol. The Morgan fingerprint density at radius 1 is 0.739 bits per heavy atom. The van der Waals surface area contributed by atoms with Crippen LogP contribution >= 0.6 is 0 Å². The van der Waals surface area contributed by atoms with Gasteiger partial charge in [-0.3, -0.25) is 0 Å². The van der Waals surface area contributed by atoms with Crippen LogP contribution in [0.5, 0.6) is 0 Å². The monoisotopic (exact) mass is 316 g/mol. The third kappa shape index (κ3) is 4.61. The molecule has 1 rings (SSSR count). The Labute approximate surface area is 146 Å². The molecule has 0 aliphatic rings. The zero-order valence-corrected chi connectivity index (χ0v) is 17.3. The Morgan fingerprint density at radius 2 is 1.35 bits per heavy atom. The summed E-state index contributed by atoms with van der Waals surface area (Å²) in [6.07, 6.45) is 6.28. The second-order valence-electron chi connectivity index (χ2n) is 8.23. The number of rotatable bonds is 8. The van der Waals surface area contributed by atoms with Crippen LogP contribution in [0.1, 0.15) is 113 Å². The topological polar surface area (TPSA) is 0 Å². The molecule has 0 amide bonds. The molecular formula is C23H40. The largest absolute Gasteiger partial charge is 0.0654 e. The molecule has 1 unspecified atom stereocenters. The van der Waals surface area contributed by atoms with E-state index in [0.717, 1.165) is 5.92 Å². The summed E-state index contributed by atoms with van der Waals surface area (Å²) in [6, 6.07) is 0. The normalized spacial score (nSPS) is 13.2. The second kappa shape index (κ2) is 8.90. The third-order valence-electron chi connectivity index (χ3n) is 5.26. The molecule has 0 heterocycles. The van der Waals surface area contributed by atoms with Gasteiger partial charge >= 0.3 is 0 Å². The van der Waals surface area contributed by atoms with Gasteiger partial charge < -0.3 is 0 Å². The number of hydrogen-bond acceptors (Lipinski definition) is 0. The summed E-state index contributed by atoms with van der Waals surface area (Å²) in [5.41, 5.74) is 9.87. The van der Waals surface area contributed by atoms with E-state index in [-0.39, 0.29) is 0 Å². The Balaban J connectivity index is 3.69. The lowest BCUT2D eigenvalue weighted by Gasteiger charge is -2.29.